The van der Waals surface area contributed by atoms with Gasteiger partial charge < -0.3 is 15.4 Å². The van der Waals surface area contributed by atoms with E-state index in [0.717, 1.165) is 26.0 Å². The third-order valence-electron chi connectivity index (χ3n) is 3.02. The van der Waals surface area contributed by atoms with E-state index in [1.807, 2.05) is 11.8 Å². The van der Waals surface area contributed by atoms with Crippen molar-refractivity contribution in [2.45, 2.75) is 31.3 Å². The lowest BCUT2D eigenvalue weighted by atomic mass is 10.1. The summed E-state index contributed by atoms with van der Waals surface area (Å²) in [6.45, 7) is 2.28. The van der Waals surface area contributed by atoms with Crippen molar-refractivity contribution in [3.8, 4) is 0 Å². The highest BCUT2D eigenvalue weighted by atomic mass is 35.5. The van der Waals surface area contributed by atoms with Gasteiger partial charge in [0.05, 0.1) is 13.2 Å². The molecule has 2 aliphatic heterocycles. The largest absolute Gasteiger partial charge is 0.378 e. The maximum Gasteiger partial charge on any atom is 0.221 e. The lowest BCUT2D eigenvalue weighted by Gasteiger charge is -2.26. The van der Waals surface area contributed by atoms with Gasteiger partial charge in [0.2, 0.25) is 5.91 Å². The average Bonchev–Trinajstić information content (AvgIpc) is 2.31. The molecule has 6 heteroatoms. The van der Waals surface area contributed by atoms with Gasteiger partial charge >= 0.3 is 0 Å². The van der Waals surface area contributed by atoms with E-state index in [9.17, 15) is 4.79 Å². The smallest absolute Gasteiger partial charge is 0.221 e. The van der Waals surface area contributed by atoms with Gasteiger partial charge in [-0.25, -0.2) is 0 Å². The van der Waals surface area contributed by atoms with Crippen molar-refractivity contribution in [2.75, 3.05) is 31.3 Å². The second-order valence-electron chi connectivity index (χ2n) is 4.38. The third kappa shape index (κ3) is 5.46. The average molecular weight is 281 g/mol. The highest BCUT2D eigenvalue weighted by Crippen LogP contribution is 2.17. The summed E-state index contributed by atoms with van der Waals surface area (Å²) < 4.78 is 5.33. The molecule has 2 rings (SSSR count). The number of halogens is 1. The Balaban J connectivity index is 0.00000144. The van der Waals surface area contributed by atoms with E-state index in [0.29, 0.717) is 19.1 Å². The summed E-state index contributed by atoms with van der Waals surface area (Å²) in [6.07, 6.45) is 2.78. The fraction of sp³-hybridized carbons (Fsp3) is 0.909. The summed E-state index contributed by atoms with van der Waals surface area (Å²) in [5.41, 5.74) is 0. The maximum absolute atomic E-state index is 11.8. The summed E-state index contributed by atoms with van der Waals surface area (Å²) in [7, 11) is 0. The number of nitrogens with one attached hydrogen (secondary N) is 2. The van der Waals surface area contributed by atoms with Gasteiger partial charge in [-0.15, -0.1) is 12.4 Å². The van der Waals surface area contributed by atoms with Gasteiger partial charge in [-0.3, -0.25) is 4.79 Å². The number of rotatable bonds is 3. The fourth-order valence-corrected chi connectivity index (χ4v) is 3.21. The molecule has 100 valence electrons. The first kappa shape index (κ1) is 15.1. The standard InChI is InChI=1S/C11H20N2O2S.ClH/c14-11(7-10-8-15-4-3-12-10)13-9-1-5-16-6-2-9;/h9-10,12H,1-8H2,(H,13,14);1H. The molecule has 0 radical (unpaired) electrons. The Hall–Kier alpha value is 0.0300. The van der Waals surface area contributed by atoms with Gasteiger partial charge in [-0.1, -0.05) is 0 Å². The first-order valence-electron chi connectivity index (χ1n) is 6.03. The molecule has 0 saturated carbocycles. The van der Waals surface area contributed by atoms with Gasteiger partial charge in [0.15, 0.2) is 0 Å². The molecule has 0 aromatic heterocycles. The van der Waals surface area contributed by atoms with E-state index >= 15 is 0 Å². The molecule has 2 N–H and O–H groups in total. The Kier molecular flexibility index (Phi) is 7.27. The van der Waals surface area contributed by atoms with Crippen LogP contribution in [0.15, 0.2) is 0 Å². The molecule has 0 bridgehead atoms. The van der Waals surface area contributed by atoms with Gasteiger partial charge in [-0.2, -0.15) is 11.8 Å². The van der Waals surface area contributed by atoms with E-state index < -0.39 is 0 Å². The van der Waals surface area contributed by atoms with Crippen molar-refractivity contribution >= 4 is 30.1 Å². The third-order valence-corrected chi connectivity index (χ3v) is 4.07. The highest BCUT2D eigenvalue weighted by molar-refractivity contribution is 7.99. The summed E-state index contributed by atoms with van der Waals surface area (Å²) in [5, 5.41) is 6.42. The van der Waals surface area contributed by atoms with Crippen molar-refractivity contribution < 1.29 is 9.53 Å². The molecule has 4 nitrogen and oxygen atoms in total. The number of thioether (sulfide) groups is 1. The van der Waals surface area contributed by atoms with Crippen molar-refractivity contribution in [2.24, 2.45) is 0 Å². The van der Waals surface area contributed by atoms with Crippen LogP contribution in [0.1, 0.15) is 19.3 Å². The van der Waals surface area contributed by atoms with E-state index in [4.69, 9.17) is 4.74 Å². The molecule has 1 unspecified atom stereocenters. The topological polar surface area (TPSA) is 50.4 Å². The highest BCUT2D eigenvalue weighted by Gasteiger charge is 2.20. The normalized spacial score (nSPS) is 26.0. The van der Waals surface area contributed by atoms with Crippen LogP contribution >= 0.6 is 24.2 Å². The molecule has 0 aliphatic carbocycles. The first-order valence-corrected chi connectivity index (χ1v) is 7.18. The van der Waals surface area contributed by atoms with Gasteiger partial charge in [-0.05, 0) is 24.3 Å². The van der Waals surface area contributed by atoms with Crippen molar-refractivity contribution in [1.82, 2.24) is 10.6 Å². The second kappa shape index (κ2) is 8.19. The molecule has 2 saturated heterocycles. The molecule has 2 aliphatic rings. The number of hydrogen-bond acceptors (Lipinski definition) is 4. The molecular weight excluding hydrogens is 260 g/mol. The predicted molar refractivity (Wildman–Crippen MR) is 73.0 cm³/mol. The number of amides is 1. The number of morpholine rings is 1. The Morgan fingerprint density at radius 1 is 1.41 bits per heavy atom. The predicted octanol–water partition coefficient (Wildman–Crippen LogP) is 0.798. The Bertz CT molecular complexity index is 210. The molecule has 0 aromatic rings. The Morgan fingerprint density at radius 2 is 2.18 bits per heavy atom. The number of carbonyl (C=O) groups excluding carboxylic acids is 1. The summed E-state index contributed by atoms with van der Waals surface area (Å²) in [5.74, 6) is 2.52. The zero-order valence-corrected chi connectivity index (χ0v) is 11.6. The molecule has 17 heavy (non-hydrogen) atoms. The number of carbonyl (C=O) groups is 1. The Morgan fingerprint density at radius 3 is 2.82 bits per heavy atom. The first-order chi connectivity index (χ1) is 7.84. The van der Waals surface area contributed by atoms with Crippen LogP contribution in [-0.2, 0) is 9.53 Å². The molecule has 0 aromatic carbocycles. The van der Waals surface area contributed by atoms with Crippen LogP contribution in [0.2, 0.25) is 0 Å². The van der Waals surface area contributed by atoms with Crippen LogP contribution < -0.4 is 10.6 Å². The van der Waals surface area contributed by atoms with Crippen LogP contribution in [0, 0.1) is 0 Å². The van der Waals surface area contributed by atoms with Crippen LogP contribution in [-0.4, -0.2) is 49.3 Å². The van der Waals surface area contributed by atoms with Crippen molar-refractivity contribution in [3.63, 3.8) is 0 Å². The molecule has 1 amide bonds. The second-order valence-corrected chi connectivity index (χ2v) is 5.61. The van der Waals surface area contributed by atoms with Gasteiger partial charge in [0.1, 0.15) is 0 Å². The lowest BCUT2D eigenvalue weighted by molar-refractivity contribution is -0.123. The molecule has 2 heterocycles. The molecular formula is C11H21ClN2O2S. The Labute approximate surface area is 113 Å². The quantitative estimate of drug-likeness (QED) is 0.803. The molecule has 1 atom stereocenters. The van der Waals surface area contributed by atoms with Gasteiger partial charge in [0, 0.05) is 25.0 Å². The van der Waals surface area contributed by atoms with Crippen LogP contribution in [0.5, 0.6) is 0 Å². The van der Waals surface area contributed by atoms with Crippen LogP contribution in [0.25, 0.3) is 0 Å². The lowest BCUT2D eigenvalue weighted by Crippen LogP contribution is -2.46. The monoisotopic (exact) mass is 280 g/mol. The minimum atomic E-state index is 0. The van der Waals surface area contributed by atoms with Gasteiger partial charge in [0.25, 0.3) is 0 Å². The van der Waals surface area contributed by atoms with Crippen LogP contribution in [0.3, 0.4) is 0 Å². The number of ether oxygens (including phenoxy) is 1. The van der Waals surface area contributed by atoms with E-state index in [2.05, 4.69) is 10.6 Å². The number of hydrogen-bond donors (Lipinski definition) is 2. The zero-order valence-electron chi connectivity index (χ0n) is 9.94. The molecule has 0 spiro atoms. The SMILES string of the molecule is Cl.O=C(CC1COCCN1)NC1CCSCC1. The van der Waals surface area contributed by atoms with E-state index in [1.54, 1.807) is 0 Å². The summed E-state index contributed by atoms with van der Waals surface area (Å²) in [6, 6.07) is 0.602. The fourth-order valence-electron chi connectivity index (χ4n) is 2.10. The molecule has 2 fully saturated rings. The van der Waals surface area contributed by atoms with E-state index in [-0.39, 0.29) is 24.4 Å². The minimum absolute atomic E-state index is 0. The summed E-state index contributed by atoms with van der Waals surface area (Å²) >= 11 is 1.98. The van der Waals surface area contributed by atoms with E-state index in [1.165, 1.54) is 11.5 Å². The van der Waals surface area contributed by atoms with Crippen molar-refractivity contribution in [3.05, 3.63) is 0 Å². The maximum atomic E-state index is 11.8. The zero-order chi connectivity index (χ0) is 11.2. The summed E-state index contributed by atoms with van der Waals surface area (Å²) in [4.78, 5) is 11.8. The van der Waals surface area contributed by atoms with Crippen molar-refractivity contribution in [1.29, 1.82) is 0 Å². The van der Waals surface area contributed by atoms with Crippen LogP contribution in [0.4, 0.5) is 0 Å². The minimum Gasteiger partial charge on any atom is -0.378 e.